The fourth-order valence-corrected chi connectivity index (χ4v) is 4.48. The number of carbonyl (C=O) groups excluding carboxylic acids is 1. The molecule has 0 aromatic carbocycles. The Labute approximate surface area is 127 Å². The third kappa shape index (κ3) is 4.46. The van der Waals surface area contributed by atoms with Crippen LogP contribution in [0.5, 0.6) is 0 Å². The second-order valence-electron chi connectivity index (χ2n) is 5.14. The van der Waals surface area contributed by atoms with E-state index in [0.717, 1.165) is 17.8 Å². The normalized spacial score (nSPS) is 17.1. The van der Waals surface area contributed by atoms with E-state index in [1.54, 1.807) is 0 Å². The van der Waals surface area contributed by atoms with Gasteiger partial charge in [-0.2, -0.15) is 0 Å². The Balaban J connectivity index is 1.81. The molecule has 1 amide bonds. The molecule has 1 aromatic heterocycles. The van der Waals surface area contributed by atoms with Crippen LogP contribution in [0.1, 0.15) is 48.9 Å². The number of hydrogen-bond donors (Lipinski definition) is 1. The van der Waals surface area contributed by atoms with Crippen molar-refractivity contribution in [2.24, 2.45) is 5.92 Å². The Kier molecular flexibility index (Phi) is 5.46. The van der Waals surface area contributed by atoms with E-state index in [1.165, 1.54) is 43.6 Å². The second-order valence-corrected chi connectivity index (χ2v) is 8.84. The molecule has 1 fully saturated rings. The molecule has 0 spiro atoms. The first-order valence-corrected chi connectivity index (χ1v) is 9.97. The Morgan fingerprint density at radius 1 is 1.35 bits per heavy atom. The molecule has 1 aromatic rings. The maximum Gasteiger partial charge on any atom is 0.270 e. The molecule has 20 heavy (non-hydrogen) atoms. The molecule has 1 heterocycles. The van der Waals surface area contributed by atoms with E-state index in [-0.39, 0.29) is 10.1 Å². The molecule has 0 unspecified atom stereocenters. The van der Waals surface area contributed by atoms with Gasteiger partial charge in [0, 0.05) is 22.6 Å². The molecular weight excluding hydrogens is 318 g/mol. The second kappa shape index (κ2) is 6.91. The summed E-state index contributed by atoms with van der Waals surface area (Å²) in [6.45, 7) is 0.641. The predicted molar refractivity (Wildman–Crippen MR) is 80.9 cm³/mol. The number of halogens is 1. The highest BCUT2D eigenvalue weighted by Gasteiger charge is 2.17. The zero-order valence-electron chi connectivity index (χ0n) is 11.1. The van der Waals surface area contributed by atoms with Crippen molar-refractivity contribution >= 4 is 37.0 Å². The minimum absolute atomic E-state index is 0.0107. The predicted octanol–water partition coefficient (Wildman–Crippen LogP) is 3.38. The Hall–Kier alpha value is -0.590. The van der Waals surface area contributed by atoms with E-state index in [1.807, 2.05) is 0 Å². The molecule has 4 nitrogen and oxygen atoms in total. The molecule has 112 valence electrons. The van der Waals surface area contributed by atoms with Crippen LogP contribution in [-0.2, 0) is 9.05 Å². The van der Waals surface area contributed by atoms with Crippen molar-refractivity contribution < 1.29 is 13.2 Å². The Bertz CT molecular complexity index is 562. The lowest BCUT2D eigenvalue weighted by molar-refractivity contribution is 0.0950. The van der Waals surface area contributed by atoms with Gasteiger partial charge < -0.3 is 5.32 Å². The summed E-state index contributed by atoms with van der Waals surface area (Å²) < 4.78 is 22.3. The molecule has 0 aliphatic heterocycles. The zero-order chi connectivity index (χ0) is 14.6. The van der Waals surface area contributed by atoms with Crippen molar-refractivity contribution in [3.8, 4) is 0 Å². The lowest BCUT2D eigenvalue weighted by Crippen LogP contribution is -2.26. The van der Waals surface area contributed by atoms with Gasteiger partial charge in [-0.1, -0.05) is 32.1 Å². The van der Waals surface area contributed by atoms with Crippen LogP contribution in [0.3, 0.4) is 0 Å². The van der Waals surface area contributed by atoms with Gasteiger partial charge in [0.1, 0.15) is 4.21 Å². The van der Waals surface area contributed by atoms with E-state index < -0.39 is 9.05 Å². The van der Waals surface area contributed by atoms with Crippen molar-refractivity contribution in [2.75, 3.05) is 6.54 Å². The maximum absolute atomic E-state index is 11.9. The average Bonchev–Trinajstić information content (AvgIpc) is 2.89. The van der Waals surface area contributed by atoms with Gasteiger partial charge in [0.15, 0.2) is 0 Å². The van der Waals surface area contributed by atoms with Gasteiger partial charge in [0.2, 0.25) is 0 Å². The molecule has 1 aliphatic rings. The van der Waals surface area contributed by atoms with Crippen molar-refractivity contribution in [2.45, 2.75) is 42.7 Å². The maximum atomic E-state index is 11.9. The van der Waals surface area contributed by atoms with Crippen LogP contribution in [0.15, 0.2) is 15.7 Å². The van der Waals surface area contributed by atoms with Crippen molar-refractivity contribution in [1.82, 2.24) is 5.32 Å². The number of hydrogen-bond acceptors (Lipinski definition) is 4. The summed E-state index contributed by atoms with van der Waals surface area (Å²) >= 11 is 0.966. The molecule has 1 aliphatic carbocycles. The molecule has 2 rings (SSSR count). The SMILES string of the molecule is O=C(NCCC1CCCCC1)c1csc(S(=O)(=O)Cl)c1. The smallest absolute Gasteiger partial charge is 0.270 e. The third-order valence-corrected chi connectivity index (χ3v) is 6.68. The number of rotatable bonds is 5. The van der Waals surface area contributed by atoms with E-state index >= 15 is 0 Å². The molecular formula is C13H18ClNO3S2. The minimum Gasteiger partial charge on any atom is -0.352 e. The van der Waals surface area contributed by atoms with Gasteiger partial charge in [0.05, 0.1) is 5.56 Å². The zero-order valence-corrected chi connectivity index (χ0v) is 13.5. The lowest BCUT2D eigenvalue weighted by Gasteiger charge is -2.21. The van der Waals surface area contributed by atoms with Crippen LogP contribution in [0.2, 0.25) is 0 Å². The fraction of sp³-hybridized carbons (Fsp3) is 0.615. The van der Waals surface area contributed by atoms with Gasteiger partial charge in [-0.15, -0.1) is 11.3 Å². The highest BCUT2D eigenvalue weighted by Crippen LogP contribution is 2.26. The van der Waals surface area contributed by atoms with Gasteiger partial charge in [-0.05, 0) is 18.4 Å². The summed E-state index contributed by atoms with van der Waals surface area (Å²) in [6, 6.07) is 1.32. The molecule has 1 N–H and O–H groups in total. The first-order chi connectivity index (χ1) is 9.47. The third-order valence-electron chi connectivity index (χ3n) is 3.64. The summed E-state index contributed by atoms with van der Waals surface area (Å²) in [5.74, 6) is 0.480. The first-order valence-electron chi connectivity index (χ1n) is 6.78. The average molecular weight is 336 g/mol. The molecule has 0 saturated heterocycles. The number of thiophene rings is 1. The van der Waals surface area contributed by atoms with Crippen molar-refractivity contribution in [3.05, 3.63) is 17.0 Å². The minimum atomic E-state index is -3.74. The molecule has 7 heteroatoms. The standard InChI is InChI=1S/C13H18ClNO3S2/c14-20(17,18)12-8-11(9-19-12)13(16)15-7-6-10-4-2-1-3-5-10/h8-10H,1-7H2,(H,15,16). The molecule has 1 saturated carbocycles. The topological polar surface area (TPSA) is 63.2 Å². The van der Waals surface area contributed by atoms with Crippen molar-refractivity contribution in [1.29, 1.82) is 0 Å². The summed E-state index contributed by atoms with van der Waals surface area (Å²) in [5, 5.41) is 4.36. The number of nitrogens with one attached hydrogen (secondary N) is 1. The van der Waals surface area contributed by atoms with Crippen LogP contribution in [0.25, 0.3) is 0 Å². The van der Waals surface area contributed by atoms with Crippen molar-refractivity contribution in [3.63, 3.8) is 0 Å². The van der Waals surface area contributed by atoms with Gasteiger partial charge >= 0.3 is 0 Å². The summed E-state index contributed by atoms with van der Waals surface area (Å²) in [4.78, 5) is 11.9. The van der Waals surface area contributed by atoms with Gasteiger partial charge in [-0.25, -0.2) is 8.42 Å². The highest BCUT2D eigenvalue weighted by molar-refractivity contribution is 8.15. The van der Waals surface area contributed by atoms with Gasteiger partial charge in [-0.3, -0.25) is 4.79 Å². The molecule has 0 radical (unpaired) electrons. The van der Waals surface area contributed by atoms with E-state index in [2.05, 4.69) is 5.32 Å². The van der Waals surface area contributed by atoms with Crippen LogP contribution < -0.4 is 5.32 Å². The van der Waals surface area contributed by atoms with E-state index in [0.29, 0.717) is 18.0 Å². The fourth-order valence-electron chi connectivity index (χ4n) is 2.53. The number of carbonyl (C=O) groups is 1. The van der Waals surface area contributed by atoms with Crippen LogP contribution in [-0.4, -0.2) is 20.9 Å². The summed E-state index contributed by atoms with van der Waals surface area (Å²) in [7, 11) is 1.49. The monoisotopic (exact) mass is 335 g/mol. The first kappa shape index (κ1) is 15.8. The lowest BCUT2D eigenvalue weighted by atomic mass is 9.87. The molecule has 0 atom stereocenters. The quantitative estimate of drug-likeness (QED) is 0.839. The Morgan fingerprint density at radius 3 is 2.65 bits per heavy atom. The van der Waals surface area contributed by atoms with Gasteiger partial charge in [0.25, 0.3) is 15.0 Å². The summed E-state index contributed by atoms with van der Waals surface area (Å²) in [6.07, 6.45) is 7.41. The Morgan fingerprint density at radius 2 is 2.05 bits per heavy atom. The molecule has 0 bridgehead atoms. The van der Waals surface area contributed by atoms with Crippen LogP contribution in [0.4, 0.5) is 0 Å². The summed E-state index contributed by atoms with van der Waals surface area (Å²) in [5.41, 5.74) is 0.359. The largest absolute Gasteiger partial charge is 0.352 e. The van der Waals surface area contributed by atoms with Crippen LogP contribution in [0, 0.1) is 5.92 Å². The number of amides is 1. The highest BCUT2D eigenvalue weighted by atomic mass is 35.7. The van der Waals surface area contributed by atoms with E-state index in [4.69, 9.17) is 10.7 Å². The van der Waals surface area contributed by atoms with E-state index in [9.17, 15) is 13.2 Å². The van der Waals surface area contributed by atoms with Crippen LogP contribution >= 0.6 is 22.0 Å².